The number of aliphatic hydroxyl groups is 5. The molecule has 1 amide bonds. The van der Waals surface area contributed by atoms with Crippen LogP contribution < -0.4 is 5.32 Å². The fourth-order valence-electron chi connectivity index (χ4n) is 9.95. The van der Waals surface area contributed by atoms with Gasteiger partial charge in [0.15, 0.2) is 12.4 Å². The van der Waals surface area contributed by atoms with Gasteiger partial charge in [-0.2, -0.15) is 0 Å². The molecule has 1 heterocycles. The van der Waals surface area contributed by atoms with Crippen LogP contribution in [0.5, 0.6) is 0 Å². The first-order chi connectivity index (χ1) is 38.2. The van der Waals surface area contributed by atoms with Crippen molar-refractivity contribution in [3.05, 3.63) is 60.8 Å². The lowest BCUT2D eigenvalue weighted by atomic mass is 9.99. The van der Waals surface area contributed by atoms with Crippen LogP contribution in [0, 0.1) is 0 Å². The third kappa shape index (κ3) is 42.2. The SMILES string of the molecule is CCCCC/C=C\C/C=C\C/C=C\CCCCCCCCCCCCC(=O)OC1C(OCC(NC(=O)C(O)CCCCCCCC/C=C\CCCCCC)C(O)/C=C/CCCCCCCCCCCC)OC(CO)C(O)C1O. The van der Waals surface area contributed by atoms with Crippen LogP contribution in [0.3, 0.4) is 0 Å². The molecule has 0 spiro atoms. The summed E-state index contributed by atoms with van der Waals surface area (Å²) in [7, 11) is 0. The van der Waals surface area contributed by atoms with Crippen molar-refractivity contribution in [3.8, 4) is 0 Å². The Morgan fingerprint density at radius 1 is 0.500 bits per heavy atom. The van der Waals surface area contributed by atoms with Gasteiger partial charge in [-0.3, -0.25) is 9.59 Å². The van der Waals surface area contributed by atoms with Crippen LogP contribution in [0.4, 0.5) is 0 Å². The maximum absolute atomic E-state index is 13.4. The van der Waals surface area contributed by atoms with E-state index >= 15 is 0 Å². The zero-order chi connectivity index (χ0) is 56.8. The number of unbranched alkanes of at least 4 members (excludes halogenated alkanes) is 33. The largest absolute Gasteiger partial charge is 0.454 e. The highest BCUT2D eigenvalue weighted by molar-refractivity contribution is 5.80. The predicted molar refractivity (Wildman–Crippen MR) is 324 cm³/mol. The maximum Gasteiger partial charge on any atom is 0.306 e. The van der Waals surface area contributed by atoms with Crippen molar-refractivity contribution in [2.45, 2.75) is 339 Å². The second-order valence-electron chi connectivity index (χ2n) is 22.5. The summed E-state index contributed by atoms with van der Waals surface area (Å²) in [5.74, 6) is -1.20. The van der Waals surface area contributed by atoms with Crippen molar-refractivity contribution < 1.29 is 49.3 Å². The van der Waals surface area contributed by atoms with Crippen molar-refractivity contribution in [3.63, 3.8) is 0 Å². The van der Waals surface area contributed by atoms with Crippen LogP contribution in [0.2, 0.25) is 0 Å². The third-order valence-electron chi connectivity index (χ3n) is 15.1. The fraction of sp³-hybridized carbons (Fsp3) is 0.821. The number of esters is 1. The molecule has 0 aromatic heterocycles. The third-order valence-corrected chi connectivity index (χ3v) is 15.1. The molecule has 11 nitrogen and oxygen atoms in total. The molecule has 0 aromatic rings. The molecular weight excluding hydrogens is 979 g/mol. The zero-order valence-corrected chi connectivity index (χ0v) is 50.3. The monoisotopic (exact) mass is 1100 g/mol. The van der Waals surface area contributed by atoms with Gasteiger partial charge in [0.25, 0.3) is 0 Å². The van der Waals surface area contributed by atoms with E-state index in [4.69, 9.17) is 14.2 Å². The molecule has 0 aromatic carbocycles. The van der Waals surface area contributed by atoms with E-state index in [2.05, 4.69) is 74.7 Å². The molecule has 1 saturated heterocycles. The van der Waals surface area contributed by atoms with E-state index in [1.54, 1.807) is 6.08 Å². The number of amides is 1. The number of allylic oxidation sites excluding steroid dienone is 9. The molecule has 0 bridgehead atoms. The Labute approximate surface area is 478 Å². The second kappa shape index (κ2) is 54.9. The summed E-state index contributed by atoms with van der Waals surface area (Å²) in [6.07, 6.45) is 58.2. The average Bonchev–Trinajstić information content (AvgIpc) is 3.45. The van der Waals surface area contributed by atoms with Gasteiger partial charge < -0.3 is 45.1 Å². The Bertz CT molecular complexity index is 1500. The molecular formula is C67H121NO10. The van der Waals surface area contributed by atoms with Crippen LogP contribution in [-0.4, -0.2) is 99.6 Å². The van der Waals surface area contributed by atoms with Crippen LogP contribution >= 0.6 is 0 Å². The fourth-order valence-corrected chi connectivity index (χ4v) is 9.95. The minimum atomic E-state index is -1.62. The summed E-state index contributed by atoms with van der Waals surface area (Å²) in [6.45, 7) is 5.76. The summed E-state index contributed by atoms with van der Waals surface area (Å²) in [6, 6.07) is -1.03. The molecule has 1 fully saturated rings. The highest BCUT2D eigenvalue weighted by Crippen LogP contribution is 2.26. The number of carbonyl (C=O) groups is 2. The van der Waals surface area contributed by atoms with Gasteiger partial charge in [0.1, 0.15) is 24.4 Å². The molecule has 6 N–H and O–H groups in total. The number of rotatable bonds is 55. The second-order valence-corrected chi connectivity index (χ2v) is 22.5. The number of ether oxygens (including phenoxy) is 3. The van der Waals surface area contributed by atoms with Gasteiger partial charge in [-0.1, -0.05) is 255 Å². The maximum atomic E-state index is 13.4. The first-order valence-electron chi connectivity index (χ1n) is 32.6. The van der Waals surface area contributed by atoms with Gasteiger partial charge in [-0.05, 0) is 89.9 Å². The molecule has 0 saturated carbocycles. The molecule has 0 aliphatic carbocycles. The van der Waals surface area contributed by atoms with Crippen LogP contribution in [-0.2, 0) is 23.8 Å². The van der Waals surface area contributed by atoms with E-state index in [1.807, 2.05) is 6.08 Å². The molecule has 1 rings (SSSR count). The normalized spacial score (nSPS) is 19.3. The van der Waals surface area contributed by atoms with E-state index in [9.17, 15) is 35.1 Å². The van der Waals surface area contributed by atoms with E-state index in [-0.39, 0.29) is 19.4 Å². The summed E-state index contributed by atoms with van der Waals surface area (Å²) in [4.78, 5) is 26.6. The van der Waals surface area contributed by atoms with Gasteiger partial charge >= 0.3 is 5.97 Å². The number of aliphatic hydroxyl groups excluding tert-OH is 5. The van der Waals surface area contributed by atoms with E-state index in [0.717, 1.165) is 89.9 Å². The Hall–Kier alpha value is -2.64. The molecule has 454 valence electrons. The Balaban J connectivity index is 2.62. The van der Waals surface area contributed by atoms with E-state index in [1.165, 1.54) is 154 Å². The van der Waals surface area contributed by atoms with Crippen molar-refractivity contribution in [1.82, 2.24) is 5.32 Å². The first-order valence-corrected chi connectivity index (χ1v) is 32.6. The highest BCUT2D eigenvalue weighted by atomic mass is 16.7. The van der Waals surface area contributed by atoms with Gasteiger partial charge in [-0.15, -0.1) is 0 Å². The van der Waals surface area contributed by atoms with Crippen LogP contribution in [0.1, 0.15) is 290 Å². The summed E-state index contributed by atoms with van der Waals surface area (Å²) < 4.78 is 17.6. The standard InChI is InChI=1S/C67H121NO10/c1-4-7-10-13-16-19-22-25-27-28-29-30-31-32-33-34-35-37-40-43-46-49-52-55-62(72)78-65-64(74)63(73)61(56-69)77-67(65)76-57-58(59(70)53-50-47-44-41-38-24-21-18-15-12-9-6-3)68-66(75)60(71)54-51-48-45-42-39-36-26-23-20-17-14-11-8-5-2/h16,19-20,23,25,27,29-30,50,53,58-61,63-65,67,69-71,73-74H,4-15,17-18,21-22,24,26,28,31-49,51-52,54-57H2,1-3H3,(H,68,75)/b19-16-,23-20-,27-25-,30-29-,53-50+. The van der Waals surface area contributed by atoms with Crippen LogP contribution in [0.15, 0.2) is 60.8 Å². The van der Waals surface area contributed by atoms with Gasteiger partial charge in [0.05, 0.1) is 25.4 Å². The Morgan fingerprint density at radius 2 is 0.885 bits per heavy atom. The minimum absolute atomic E-state index is 0.118. The molecule has 8 atom stereocenters. The van der Waals surface area contributed by atoms with Crippen molar-refractivity contribution in [1.29, 1.82) is 0 Å². The topological polar surface area (TPSA) is 175 Å². The molecule has 1 aliphatic heterocycles. The highest BCUT2D eigenvalue weighted by Gasteiger charge is 2.47. The van der Waals surface area contributed by atoms with E-state index in [0.29, 0.717) is 12.8 Å². The predicted octanol–water partition coefficient (Wildman–Crippen LogP) is 15.8. The lowest BCUT2D eigenvalue weighted by molar-refractivity contribution is -0.305. The summed E-state index contributed by atoms with van der Waals surface area (Å²) >= 11 is 0. The van der Waals surface area contributed by atoms with Gasteiger partial charge in [0.2, 0.25) is 5.91 Å². The summed E-state index contributed by atoms with van der Waals surface area (Å²) in [5, 5.41) is 57.0. The van der Waals surface area contributed by atoms with E-state index < -0.39 is 67.4 Å². The smallest absolute Gasteiger partial charge is 0.306 e. The Morgan fingerprint density at radius 3 is 1.37 bits per heavy atom. The average molecular weight is 1100 g/mol. The zero-order valence-electron chi connectivity index (χ0n) is 50.3. The molecule has 8 unspecified atom stereocenters. The number of nitrogens with one attached hydrogen (secondary N) is 1. The van der Waals surface area contributed by atoms with Crippen molar-refractivity contribution >= 4 is 11.9 Å². The molecule has 0 radical (unpaired) electrons. The van der Waals surface area contributed by atoms with Crippen molar-refractivity contribution in [2.75, 3.05) is 13.2 Å². The quantitative estimate of drug-likeness (QED) is 0.0195. The number of hydrogen-bond donors (Lipinski definition) is 6. The van der Waals surface area contributed by atoms with Gasteiger partial charge in [0, 0.05) is 6.42 Å². The molecule has 11 heteroatoms. The Kier molecular flexibility index (Phi) is 51.7. The number of hydrogen-bond acceptors (Lipinski definition) is 10. The van der Waals surface area contributed by atoms with Crippen LogP contribution in [0.25, 0.3) is 0 Å². The lowest BCUT2D eigenvalue weighted by Gasteiger charge is -2.41. The summed E-state index contributed by atoms with van der Waals surface area (Å²) in [5.41, 5.74) is 0. The molecule has 78 heavy (non-hydrogen) atoms. The van der Waals surface area contributed by atoms with Gasteiger partial charge in [-0.25, -0.2) is 0 Å². The lowest BCUT2D eigenvalue weighted by Crippen LogP contribution is -2.61. The number of carbonyl (C=O) groups excluding carboxylic acids is 2. The first kappa shape index (κ1) is 73.4. The van der Waals surface area contributed by atoms with Crippen molar-refractivity contribution in [2.24, 2.45) is 0 Å². The molecule has 1 aliphatic rings. The minimum Gasteiger partial charge on any atom is -0.454 e.